The summed E-state index contributed by atoms with van der Waals surface area (Å²) in [5.74, 6) is 0.479. The number of rotatable bonds is 6. The molecule has 0 radical (unpaired) electrons. The summed E-state index contributed by atoms with van der Waals surface area (Å²) in [6, 6.07) is 11.7. The van der Waals surface area contributed by atoms with Crippen LogP contribution in [0, 0.1) is 0 Å². The van der Waals surface area contributed by atoms with Crippen LogP contribution in [0.3, 0.4) is 0 Å². The van der Waals surface area contributed by atoms with Crippen molar-refractivity contribution >= 4 is 5.82 Å². The second kappa shape index (κ2) is 7.11. The molecule has 0 unspecified atom stereocenters. The van der Waals surface area contributed by atoms with E-state index in [1.807, 2.05) is 39.0 Å². The number of nitrogens with zero attached hydrogens (tertiary/aromatic N) is 1. The fourth-order valence-corrected chi connectivity index (χ4v) is 2.44. The quantitative estimate of drug-likeness (QED) is 0.861. The molecule has 0 saturated carbocycles. The Balaban J connectivity index is 2.01. The van der Waals surface area contributed by atoms with Crippen LogP contribution in [0.25, 0.3) is 0 Å². The van der Waals surface area contributed by atoms with Crippen molar-refractivity contribution in [1.82, 2.24) is 9.55 Å². The molecule has 0 saturated heterocycles. The van der Waals surface area contributed by atoms with Gasteiger partial charge in [-0.3, -0.25) is 14.3 Å². The largest absolute Gasteiger partial charge is 0.369 e. The summed E-state index contributed by atoms with van der Waals surface area (Å²) in [6.45, 7) is 5.66. The number of aryl methyl sites for hydroxylation is 1. The molecule has 0 fully saturated rings. The van der Waals surface area contributed by atoms with Crippen LogP contribution in [0.2, 0.25) is 0 Å². The average Bonchev–Trinajstić information content (AvgIpc) is 2.45. The molecule has 0 aliphatic heterocycles. The van der Waals surface area contributed by atoms with E-state index in [0.717, 1.165) is 12.8 Å². The van der Waals surface area contributed by atoms with Gasteiger partial charge in [0.1, 0.15) is 5.82 Å². The van der Waals surface area contributed by atoms with Gasteiger partial charge in [-0.1, -0.05) is 30.3 Å². The molecule has 0 aliphatic carbocycles. The van der Waals surface area contributed by atoms with Gasteiger partial charge < -0.3 is 5.32 Å². The Labute approximate surface area is 130 Å². The third kappa shape index (κ3) is 4.10. The number of hydrogen-bond acceptors (Lipinski definition) is 3. The monoisotopic (exact) mass is 301 g/mol. The Morgan fingerprint density at radius 2 is 1.82 bits per heavy atom. The van der Waals surface area contributed by atoms with Crippen molar-refractivity contribution in [3.63, 3.8) is 0 Å². The molecule has 0 amide bonds. The van der Waals surface area contributed by atoms with Crippen LogP contribution >= 0.6 is 0 Å². The topological polar surface area (TPSA) is 66.9 Å². The van der Waals surface area contributed by atoms with Crippen LogP contribution in [0.15, 0.2) is 46.0 Å². The van der Waals surface area contributed by atoms with Gasteiger partial charge in [0, 0.05) is 18.2 Å². The van der Waals surface area contributed by atoms with E-state index in [4.69, 9.17) is 0 Å². The summed E-state index contributed by atoms with van der Waals surface area (Å²) in [6.07, 6.45) is 1.86. The summed E-state index contributed by atoms with van der Waals surface area (Å²) in [5, 5.41) is 3.19. The number of anilines is 1. The van der Waals surface area contributed by atoms with Gasteiger partial charge in [0.15, 0.2) is 0 Å². The molecule has 22 heavy (non-hydrogen) atoms. The molecule has 1 atom stereocenters. The van der Waals surface area contributed by atoms with Gasteiger partial charge in [-0.15, -0.1) is 0 Å². The van der Waals surface area contributed by atoms with Crippen LogP contribution in [0.4, 0.5) is 5.82 Å². The van der Waals surface area contributed by atoms with Gasteiger partial charge >= 0.3 is 5.69 Å². The molecule has 0 aliphatic rings. The summed E-state index contributed by atoms with van der Waals surface area (Å²) in [5.41, 5.74) is 0.622. The minimum absolute atomic E-state index is 0.152. The lowest BCUT2D eigenvalue weighted by Crippen LogP contribution is -2.37. The maximum absolute atomic E-state index is 12.0. The fraction of sp³-hybridized carbons (Fsp3) is 0.412. The number of benzene rings is 1. The molecule has 2 N–H and O–H groups in total. The van der Waals surface area contributed by atoms with E-state index in [0.29, 0.717) is 5.82 Å². The number of hydrogen-bond donors (Lipinski definition) is 2. The van der Waals surface area contributed by atoms with Gasteiger partial charge in [-0.05, 0) is 39.2 Å². The van der Waals surface area contributed by atoms with Crippen molar-refractivity contribution in [2.24, 2.45) is 0 Å². The zero-order chi connectivity index (χ0) is 16.1. The highest BCUT2D eigenvalue weighted by Gasteiger charge is 2.09. The van der Waals surface area contributed by atoms with Gasteiger partial charge in [0.05, 0.1) is 0 Å². The van der Waals surface area contributed by atoms with Crippen LogP contribution < -0.4 is 16.6 Å². The minimum Gasteiger partial charge on any atom is -0.369 e. The van der Waals surface area contributed by atoms with Crippen molar-refractivity contribution in [3.8, 4) is 0 Å². The van der Waals surface area contributed by atoms with E-state index < -0.39 is 0 Å². The molecule has 5 nitrogen and oxygen atoms in total. The van der Waals surface area contributed by atoms with Crippen LogP contribution in [-0.2, 0) is 6.42 Å². The number of nitrogens with one attached hydrogen (secondary N) is 2. The first-order valence-electron chi connectivity index (χ1n) is 7.63. The number of H-pyrrole nitrogens is 1. The maximum Gasteiger partial charge on any atom is 0.330 e. The summed E-state index contributed by atoms with van der Waals surface area (Å²) in [7, 11) is 0. The van der Waals surface area contributed by atoms with Crippen molar-refractivity contribution in [1.29, 1.82) is 0 Å². The smallest absolute Gasteiger partial charge is 0.330 e. The molecule has 1 heterocycles. The zero-order valence-electron chi connectivity index (χ0n) is 13.3. The molecule has 2 rings (SSSR count). The van der Waals surface area contributed by atoms with Gasteiger partial charge in [-0.2, -0.15) is 0 Å². The molecule has 0 spiro atoms. The van der Waals surface area contributed by atoms with Crippen LogP contribution in [0.1, 0.15) is 38.8 Å². The average molecular weight is 301 g/mol. The normalized spacial score (nSPS) is 12.4. The Morgan fingerprint density at radius 1 is 1.14 bits per heavy atom. The Kier molecular flexibility index (Phi) is 5.20. The summed E-state index contributed by atoms with van der Waals surface area (Å²) < 4.78 is 1.21. The van der Waals surface area contributed by atoms with Crippen LogP contribution in [-0.4, -0.2) is 15.6 Å². The number of aromatic nitrogens is 2. The minimum atomic E-state index is -0.375. The predicted octanol–water partition coefficient (Wildman–Crippen LogP) is 2.55. The molecular formula is C17H23N3O2. The molecule has 0 bridgehead atoms. The zero-order valence-corrected chi connectivity index (χ0v) is 13.3. The first kappa shape index (κ1) is 16.1. The van der Waals surface area contributed by atoms with Gasteiger partial charge in [0.2, 0.25) is 0 Å². The first-order chi connectivity index (χ1) is 10.5. The highest BCUT2D eigenvalue weighted by Crippen LogP contribution is 2.08. The van der Waals surface area contributed by atoms with Crippen molar-refractivity contribution < 1.29 is 0 Å². The maximum atomic E-state index is 12.0. The second-order valence-electron chi connectivity index (χ2n) is 5.86. The van der Waals surface area contributed by atoms with E-state index in [1.165, 1.54) is 16.2 Å². The Hall–Kier alpha value is -2.30. The molecule has 1 aromatic carbocycles. The van der Waals surface area contributed by atoms with Crippen molar-refractivity contribution in [3.05, 3.63) is 62.8 Å². The molecule has 1 aromatic heterocycles. The molecule has 118 valence electrons. The van der Waals surface area contributed by atoms with Crippen LogP contribution in [0.5, 0.6) is 0 Å². The summed E-state index contributed by atoms with van der Waals surface area (Å²) in [4.78, 5) is 26.6. The SMILES string of the molecule is CC(C)n1c(=O)cc(N[C@@H](C)CCc2ccccc2)[nH]c1=O. The Bertz CT molecular complexity index is 685. The van der Waals surface area contributed by atoms with E-state index in [2.05, 4.69) is 22.4 Å². The second-order valence-corrected chi connectivity index (χ2v) is 5.86. The molecular weight excluding hydrogens is 278 g/mol. The highest BCUT2D eigenvalue weighted by atomic mass is 16.2. The lowest BCUT2D eigenvalue weighted by molar-refractivity contribution is 0.546. The molecule has 5 heteroatoms. The lowest BCUT2D eigenvalue weighted by Gasteiger charge is -2.16. The number of aromatic amines is 1. The Morgan fingerprint density at radius 3 is 2.41 bits per heavy atom. The van der Waals surface area contributed by atoms with E-state index >= 15 is 0 Å². The van der Waals surface area contributed by atoms with Gasteiger partial charge in [0.25, 0.3) is 5.56 Å². The third-order valence-electron chi connectivity index (χ3n) is 3.59. The first-order valence-corrected chi connectivity index (χ1v) is 7.63. The predicted molar refractivity (Wildman–Crippen MR) is 89.6 cm³/mol. The van der Waals surface area contributed by atoms with Gasteiger partial charge in [-0.25, -0.2) is 4.79 Å². The molecule has 2 aromatic rings. The van der Waals surface area contributed by atoms with E-state index in [9.17, 15) is 9.59 Å². The van der Waals surface area contributed by atoms with E-state index in [1.54, 1.807) is 0 Å². The summed E-state index contributed by atoms with van der Waals surface area (Å²) >= 11 is 0. The van der Waals surface area contributed by atoms with E-state index in [-0.39, 0.29) is 23.3 Å². The fourth-order valence-electron chi connectivity index (χ4n) is 2.44. The lowest BCUT2D eigenvalue weighted by atomic mass is 10.1. The highest BCUT2D eigenvalue weighted by molar-refractivity contribution is 5.33. The third-order valence-corrected chi connectivity index (χ3v) is 3.59. The van der Waals surface area contributed by atoms with Crippen molar-refractivity contribution in [2.75, 3.05) is 5.32 Å². The van der Waals surface area contributed by atoms with Crippen molar-refractivity contribution in [2.45, 2.75) is 45.7 Å². The standard InChI is InChI=1S/C17H23N3O2/c1-12(2)20-16(21)11-15(19-17(20)22)18-13(3)9-10-14-7-5-4-6-8-14/h4-8,11-13,18H,9-10H2,1-3H3,(H,19,22)/t13-/m0/s1.